The van der Waals surface area contributed by atoms with Gasteiger partial charge in [-0.25, -0.2) is 9.78 Å². The number of rotatable bonds is 12. The molecule has 1 aromatic heterocycles. The Morgan fingerprint density at radius 1 is 1.03 bits per heavy atom. The molecule has 202 valence electrons. The van der Waals surface area contributed by atoms with E-state index in [0.29, 0.717) is 41.5 Å². The summed E-state index contributed by atoms with van der Waals surface area (Å²) in [6.07, 6.45) is 1.35. The largest absolute Gasteiger partial charge is 0.487 e. The van der Waals surface area contributed by atoms with Crippen molar-refractivity contribution in [3.05, 3.63) is 106 Å². The lowest BCUT2D eigenvalue weighted by molar-refractivity contribution is -0.140. The number of carbonyl (C=O) groups is 2. The number of fused-ring (bicyclic) bond motifs is 1. The van der Waals surface area contributed by atoms with Crippen LogP contribution in [0.2, 0.25) is 5.02 Å². The number of aromatic nitrogens is 1. The summed E-state index contributed by atoms with van der Waals surface area (Å²) in [4.78, 5) is 28.4. The molecule has 0 aliphatic rings. The van der Waals surface area contributed by atoms with Gasteiger partial charge in [-0.3, -0.25) is 4.79 Å². The van der Waals surface area contributed by atoms with Crippen LogP contribution in [0.1, 0.15) is 45.8 Å². The molecule has 0 radical (unpaired) electrons. The van der Waals surface area contributed by atoms with Gasteiger partial charge in [0.05, 0.1) is 29.8 Å². The average Bonchev–Trinajstić information content (AvgIpc) is 2.95. The van der Waals surface area contributed by atoms with Gasteiger partial charge in [0.1, 0.15) is 12.4 Å². The Bertz CT molecular complexity index is 1460. The van der Waals surface area contributed by atoms with E-state index < -0.39 is 11.9 Å². The predicted molar refractivity (Wildman–Crippen MR) is 156 cm³/mol. The number of hydrogen-bond acceptors (Lipinski definition) is 6. The van der Waals surface area contributed by atoms with Gasteiger partial charge in [0.25, 0.3) is 0 Å². The number of nitrogens with zero attached hydrogens (tertiary/aromatic N) is 1. The van der Waals surface area contributed by atoms with Crippen molar-refractivity contribution in [3.63, 3.8) is 0 Å². The first kappa shape index (κ1) is 28.5. The first-order valence-corrected chi connectivity index (χ1v) is 14.1. The van der Waals surface area contributed by atoms with Crippen LogP contribution in [0.25, 0.3) is 10.9 Å². The van der Waals surface area contributed by atoms with Gasteiger partial charge in [-0.15, -0.1) is 0 Å². The van der Waals surface area contributed by atoms with Gasteiger partial charge >= 0.3 is 11.9 Å². The molecule has 0 aliphatic carbocycles. The summed E-state index contributed by atoms with van der Waals surface area (Å²) in [7, 11) is 1.37. The Labute approximate surface area is 237 Å². The third-order valence-electron chi connectivity index (χ3n) is 6.40. The monoisotopic (exact) mass is 563 g/mol. The van der Waals surface area contributed by atoms with E-state index in [1.807, 2.05) is 72.8 Å². The molecule has 2 unspecified atom stereocenters. The van der Waals surface area contributed by atoms with Crippen LogP contribution in [-0.2, 0) is 22.6 Å². The molecular weight excluding hydrogens is 534 g/mol. The molecule has 0 spiro atoms. The van der Waals surface area contributed by atoms with E-state index in [1.165, 1.54) is 7.11 Å². The highest BCUT2D eigenvalue weighted by molar-refractivity contribution is 7.99. The maximum atomic E-state index is 12.2. The normalized spacial score (nSPS) is 12.6. The highest BCUT2D eigenvalue weighted by Gasteiger charge is 2.20. The molecular formula is C31H30ClNO5S. The molecule has 0 bridgehead atoms. The van der Waals surface area contributed by atoms with E-state index in [0.717, 1.165) is 27.7 Å². The highest BCUT2D eigenvalue weighted by atomic mass is 35.5. The molecule has 3 aromatic carbocycles. The molecule has 4 rings (SSSR count). The average molecular weight is 564 g/mol. The lowest BCUT2D eigenvalue weighted by Gasteiger charge is -2.20. The van der Waals surface area contributed by atoms with Gasteiger partial charge in [-0.05, 0) is 60.4 Å². The highest BCUT2D eigenvalue weighted by Crippen LogP contribution is 2.36. The van der Waals surface area contributed by atoms with Crippen LogP contribution >= 0.6 is 23.4 Å². The topological polar surface area (TPSA) is 85.7 Å². The van der Waals surface area contributed by atoms with Crippen LogP contribution in [0.5, 0.6) is 5.75 Å². The fourth-order valence-electron chi connectivity index (χ4n) is 4.19. The number of ether oxygens (including phenoxy) is 2. The molecule has 2 atom stereocenters. The zero-order valence-electron chi connectivity index (χ0n) is 21.8. The van der Waals surface area contributed by atoms with Crippen LogP contribution in [0, 0.1) is 5.92 Å². The van der Waals surface area contributed by atoms with Crippen molar-refractivity contribution in [3.8, 4) is 5.75 Å². The van der Waals surface area contributed by atoms with Gasteiger partial charge in [-0.2, -0.15) is 11.8 Å². The molecule has 8 heteroatoms. The minimum absolute atomic E-state index is 0.00184. The maximum absolute atomic E-state index is 12.2. The fourth-order valence-corrected chi connectivity index (χ4v) is 5.64. The summed E-state index contributed by atoms with van der Waals surface area (Å²) in [5, 5.41) is 11.0. The number of thioether (sulfide) groups is 1. The zero-order chi connectivity index (χ0) is 27.8. The van der Waals surface area contributed by atoms with Gasteiger partial charge in [0, 0.05) is 21.4 Å². The Morgan fingerprint density at radius 2 is 1.82 bits per heavy atom. The minimum atomic E-state index is -0.821. The molecule has 6 nitrogen and oxygen atoms in total. The number of carboxylic acid groups (broad SMARTS) is 1. The summed E-state index contributed by atoms with van der Waals surface area (Å²) < 4.78 is 11.0. The Kier molecular flexibility index (Phi) is 9.85. The second-order valence-corrected chi connectivity index (χ2v) is 10.9. The quantitative estimate of drug-likeness (QED) is 0.180. The van der Waals surface area contributed by atoms with E-state index in [4.69, 9.17) is 21.1 Å². The first-order valence-electron chi connectivity index (χ1n) is 12.6. The van der Waals surface area contributed by atoms with Gasteiger partial charge < -0.3 is 14.6 Å². The van der Waals surface area contributed by atoms with E-state index in [-0.39, 0.29) is 11.2 Å². The van der Waals surface area contributed by atoms with Crippen molar-refractivity contribution in [2.24, 2.45) is 5.92 Å². The molecule has 0 saturated carbocycles. The molecule has 39 heavy (non-hydrogen) atoms. The minimum Gasteiger partial charge on any atom is -0.487 e. The smallest absolute Gasteiger partial charge is 0.338 e. The van der Waals surface area contributed by atoms with Crippen LogP contribution in [-0.4, -0.2) is 34.9 Å². The molecule has 0 amide bonds. The molecule has 1 heterocycles. The number of carboxylic acids is 1. The summed E-state index contributed by atoms with van der Waals surface area (Å²) in [6.45, 7) is 2.01. The number of aliphatic carboxylic acids is 1. The Balaban J connectivity index is 1.50. The predicted octanol–water partition coefficient (Wildman–Crippen LogP) is 7.38. The number of methoxy groups -OCH3 is 1. The van der Waals surface area contributed by atoms with Crippen molar-refractivity contribution < 1.29 is 24.2 Å². The third kappa shape index (κ3) is 7.74. The molecule has 0 aliphatic heterocycles. The van der Waals surface area contributed by atoms with Crippen molar-refractivity contribution >= 4 is 46.2 Å². The zero-order valence-corrected chi connectivity index (χ0v) is 23.4. The van der Waals surface area contributed by atoms with Gasteiger partial charge in [0.2, 0.25) is 0 Å². The maximum Gasteiger partial charge on any atom is 0.338 e. The number of pyridine rings is 1. The van der Waals surface area contributed by atoms with Crippen molar-refractivity contribution in [2.75, 3.05) is 12.9 Å². The SMILES string of the molecule is COC(=O)c1ccccc1CCC(SCC(C)C(=O)O)c1cccc(OCc2ccc3ccc(Cl)cc3n2)c1. The summed E-state index contributed by atoms with van der Waals surface area (Å²) in [6, 6.07) is 24.8. The number of aryl methyl sites for hydroxylation is 1. The second kappa shape index (κ2) is 13.5. The van der Waals surface area contributed by atoms with E-state index >= 15 is 0 Å². The Morgan fingerprint density at radius 3 is 2.62 bits per heavy atom. The van der Waals surface area contributed by atoms with E-state index in [9.17, 15) is 14.7 Å². The second-order valence-electron chi connectivity index (χ2n) is 9.25. The van der Waals surface area contributed by atoms with Crippen molar-refractivity contribution in [1.82, 2.24) is 4.98 Å². The molecule has 1 N–H and O–H groups in total. The molecule has 0 saturated heterocycles. The summed E-state index contributed by atoms with van der Waals surface area (Å²) in [5.74, 6) is -0.500. The third-order valence-corrected chi connectivity index (χ3v) is 8.23. The van der Waals surface area contributed by atoms with Crippen molar-refractivity contribution in [1.29, 1.82) is 0 Å². The first-order chi connectivity index (χ1) is 18.8. The molecule has 0 fully saturated rings. The number of esters is 1. The van der Waals surface area contributed by atoms with Gasteiger partial charge in [0.15, 0.2) is 0 Å². The molecule has 4 aromatic rings. The fraction of sp³-hybridized carbons (Fsp3) is 0.258. The number of halogens is 1. The van der Waals surface area contributed by atoms with Crippen molar-refractivity contribution in [2.45, 2.75) is 31.6 Å². The van der Waals surface area contributed by atoms with E-state index in [2.05, 4.69) is 4.98 Å². The number of hydrogen-bond donors (Lipinski definition) is 1. The van der Waals surface area contributed by atoms with Crippen LogP contribution < -0.4 is 4.74 Å². The lowest BCUT2D eigenvalue weighted by atomic mass is 9.99. The Hall–Kier alpha value is -3.55. The van der Waals surface area contributed by atoms with Crippen LogP contribution in [0.3, 0.4) is 0 Å². The number of benzene rings is 3. The van der Waals surface area contributed by atoms with Gasteiger partial charge in [-0.1, -0.05) is 61.0 Å². The van der Waals surface area contributed by atoms with Crippen LogP contribution in [0.15, 0.2) is 78.9 Å². The summed E-state index contributed by atoms with van der Waals surface area (Å²) >= 11 is 7.72. The lowest BCUT2D eigenvalue weighted by Crippen LogP contribution is -2.13. The van der Waals surface area contributed by atoms with Crippen LogP contribution in [0.4, 0.5) is 0 Å². The summed E-state index contributed by atoms with van der Waals surface area (Å²) in [5.41, 5.74) is 4.08. The number of carbonyl (C=O) groups excluding carboxylic acids is 1. The standard InChI is InChI=1S/C31H30ClNO5S/c1-20(30(34)35)19-39-29(15-12-21-6-3-4-9-27(21)31(36)37-2)23-7-5-8-26(16-23)38-18-25-14-11-22-10-13-24(32)17-28(22)33-25/h3-11,13-14,16-17,20,29H,12,15,18-19H2,1-2H3,(H,34,35). The van der Waals surface area contributed by atoms with E-state index in [1.54, 1.807) is 24.8 Å².